The van der Waals surface area contributed by atoms with Gasteiger partial charge in [-0.3, -0.25) is 4.79 Å². The largest absolute Gasteiger partial charge is 0.311 e. The van der Waals surface area contributed by atoms with Crippen molar-refractivity contribution in [2.45, 2.75) is 18.6 Å². The maximum absolute atomic E-state index is 12.3. The molecule has 0 atom stereocenters. The number of rotatable bonds is 5. The van der Waals surface area contributed by atoms with Gasteiger partial charge in [-0.15, -0.1) is 5.10 Å². The van der Waals surface area contributed by atoms with Gasteiger partial charge in [0.2, 0.25) is 11.1 Å². The predicted molar refractivity (Wildman–Crippen MR) is 74.1 cm³/mol. The molecule has 0 bridgehead atoms. The number of carbonyl (C=O) groups is 1. The van der Waals surface area contributed by atoms with Crippen molar-refractivity contribution in [3.8, 4) is 0 Å². The topological polar surface area (TPSA) is 63.9 Å². The van der Waals surface area contributed by atoms with E-state index in [2.05, 4.69) is 15.5 Å². The van der Waals surface area contributed by atoms with Gasteiger partial charge >= 0.3 is 0 Å². The number of thioether (sulfide) groups is 1. The molecule has 1 amide bonds. The van der Waals surface area contributed by atoms with E-state index in [9.17, 15) is 4.79 Å². The van der Waals surface area contributed by atoms with Crippen molar-refractivity contribution < 1.29 is 4.79 Å². The zero-order valence-corrected chi connectivity index (χ0v) is 11.7. The molecule has 0 N–H and O–H groups in total. The van der Waals surface area contributed by atoms with Crippen LogP contribution in [0.3, 0.4) is 0 Å². The molecule has 0 saturated carbocycles. The third-order valence-electron chi connectivity index (χ3n) is 2.65. The van der Waals surface area contributed by atoms with Crippen molar-refractivity contribution in [3.63, 3.8) is 0 Å². The van der Waals surface area contributed by atoms with Crippen molar-refractivity contribution in [1.82, 2.24) is 20.2 Å². The third-order valence-corrected chi connectivity index (χ3v) is 3.31. The average molecular weight is 277 g/mol. The maximum atomic E-state index is 12.3. The first-order valence-corrected chi connectivity index (χ1v) is 7.14. The van der Waals surface area contributed by atoms with Gasteiger partial charge in [0.15, 0.2) is 0 Å². The van der Waals surface area contributed by atoms with Crippen LogP contribution in [0.5, 0.6) is 0 Å². The fraction of sp³-hybridized carbons (Fsp3) is 0.333. The molecule has 1 aromatic carbocycles. The molecule has 6 nitrogen and oxygen atoms in total. The molecule has 0 aliphatic rings. The molecule has 1 aromatic heterocycles. The highest BCUT2D eigenvalue weighted by molar-refractivity contribution is 7.98. The summed E-state index contributed by atoms with van der Waals surface area (Å²) in [7, 11) is 0. The van der Waals surface area contributed by atoms with E-state index in [1.54, 1.807) is 4.90 Å². The van der Waals surface area contributed by atoms with Crippen molar-refractivity contribution in [3.05, 3.63) is 30.3 Å². The lowest BCUT2D eigenvalue weighted by Crippen LogP contribution is -2.34. The monoisotopic (exact) mass is 277 g/mol. The second-order valence-electron chi connectivity index (χ2n) is 3.80. The van der Waals surface area contributed by atoms with Gasteiger partial charge in [-0.1, -0.05) is 30.0 Å². The van der Waals surface area contributed by atoms with Gasteiger partial charge in [0.25, 0.3) is 0 Å². The van der Waals surface area contributed by atoms with Gasteiger partial charge in [0.05, 0.1) is 0 Å². The molecule has 0 saturated heterocycles. The van der Waals surface area contributed by atoms with E-state index in [0.717, 1.165) is 5.69 Å². The van der Waals surface area contributed by atoms with Crippen LogP contribution in [0.15, 0.2) is 35.5 Å². The lowest BCUT2D eigenvalue weighted by Gasteiger charge is -2.20. The molecule has 2 aromatic rings. The van der Waals surface area contributed by atoms with E-state index >= 15 is 0 Å². The second-order valence-corrected chi connectivity index (χ2v) is 4.57. The summed E-state index contributed by atoms with van der Waals surface area (Å²) in [4.78, 5) is 14.0. The van der Waals surface area contributed by atoms with E-state index in [4.69, 9.17) is 0 Å². The van der Waals surface area contributed by atoms with E-state index in [0.29, 0.717) is 11.7 Å². The Morgan fingerprint density at radius 2 is 2.11 bits per heavy atom. The van der Waals surface area contributed by atoms with Crippen LogP contribution in [0, 0.1) is 0 Å². The summed E-state index contributed by atoms with van der Waals surface area (Å²) in [6.45, 7) is 2.70. The summed E-state index contributed by atoms with van der Waals surface area (Å²) in [5.41, 5.74) is 0.883. The molecule has 7 heteroatoms. The molecule has 0 fully saturated rings. The van der Waals surface area contributed by atoms with Crippen LogP contribution in [-0.4, -0.2) is 38.9 Å². The quantitative estimate of drug-likeness (QED) is 0.774. The van der Waals surface area contributed by atoms with E-state index in [1.165, 1.54) is 16.4 Å². The molecule has 0 unspecified atom stereocenters. The van der Waals surface area contributed by atoms with Gasteiger partial charge in [-0.2, -0.15) is 0 Å². The van der Waals surface area contributed by atoms with E-state index < -0.39 is 0 Å². The number of aromatic nitrogens is 4. The summed E-state index contributed by atoms with van der Waals surface area (Å²) in [6, 6.07) is 9.58. The average Bonchev–Trinajstić information content (AvgIpc) is 2.88. The Hall–Kier alpha value is -1.89. The normalized spacial score (nSPS) is 10.4. The Labute approximate surface area is 115 Å². The fourth-order valence-corrected chi connectivity index (χ4v) is 2.20. The van der Waals surface area contributed by atoms with Gasteiger partial charge in [-0.05, 0) is 35.7 Å². The zero-order valence-electron chi connectivity index (χ0n) is 10.9. The molecule has 0 radical (unpaired) electrons. The van der Waals surface area contributed by atoms with Crippen LogP contribution in [-0.2, 0) is 11.3 Å². The highest BCUT2D eigenvalue weighted by Crippen LogP contribution is 2.14. The number of amides is 1. The Kier molecular flexibility index (Phi) is 4.51. The molecule has 1 heterocycles. The standard InChI is InChI=1S/C12H15N5OS/c1-3-16(10-7-5-4-6-8-10)11(18)9-17-12(19-2)13-14-15-17/h4-8H,3,9H2,1-2H3. The minimum atomic E-state index is -0.0312. The Balaban J connectivity index is 2.14. The number of anilines is 1. The molecular formula is C12H15N5OS. The Morgan fingerprint density at radius 1 is 1.37 bits per heavy atom. The Morgan fingerprint density at radius 3 is 2.74 bits per heavy atom. The lowest BCUT2D eigenvalue weighted by atomic mass is 10.3. The van der Waals surface area contributed by atoms with Crippen LogP contribution in [0.25, 0.3) is 0 Å². The SMILES string of the molecule is CCN(C(=O)Cn1nnnc1SC)c1ccccc1. The van der Waals surface area contributed by atoms with E-state index in [1.807, 2.05) is 43.5 Å². The summed E-state index contributed by atoms with van der Waals surface area (Å²) in [5.74, 6) is -0.0312. The second kappa shape index (κ2) is 6.33. The fourth-order valence-electron chi connectivity index (χ4n) is 1.77. The van der Waals surface area contributed by atoms with Crippen molar-refractivity contribution in [1.29, 1.82) is 0 Å². The first-order valence-electron chi connectivity index (χ1n) is 5.91. The van der Waals surface area contributed by atoms with Gasteiger partial charge in [0, 0.05) is 12.2 Å². The minimum absolute atomic E-state index is 0.0312. The first-order chi connectivity index (χ1) is 9.26. The molecule has 0 aliphatic carbocycles. The molecular weight excluding hydrogens is 262 g/mol. The van der Waals surface area contributed by atoms with Gasteiger partial charge in [0.1, 0.15) is 6.54 Å². The highest BCUT2D eigenvalue weighted by atomic mass is 32.2. The van der Waals surface area contributed by atoms with Gasteiger partial charge < -0.3 is 4.90 Å². The number of hydrogen-bond donors (Lipinski definition) is 0. The number of hydrogen-bond acceptors (Lipinski definition) is 5. The third kappa shape index (κ3) is 3.11. The number of nitrogens with zero attached hydrogens (tertiary/aromatic N) is 5. The molecule has 0 aliphatic heterocycles. The van der Waals surface area contributed by atoms with Crippen LogP contribution < -0.4 is 4.90 Å². The smallest absolute Gasteiger partial charge is 0.248 e. The van der Waals surface area contributed by atoms with Crippen LogP contribution in [0.2, 0.25) is 0 Å². The van der Waals surface area contributed by atoms with Crippen molar-refractivity contribution in [2.24, 2.45) is 0 Å². The van der Waals surface area contributed by atoms with Crippen molar-refractivity contribution in [2.75, 3.05) is 17.7 Å². The summed E-state index contributed by atoms with van der Waals surface area (Å²) in [5, 5.41) is 11.9. The van der Waals surface area contributed by atoms with Crippen LogP contribution in [0.4, 0.5) is 5.69 Å². The number of benzene rings is 1. The highest BCUT2D eigenvalue weighted by Gasteiger charge is 2.16. The maximum Gasteiger partial charge on any atom is 0.248 e. The number of para-hydroxylation sites is 1. The number of likely N-dealkylation sites (N-methyl/N-ethyl adjacent to an activating group) is 1. The number of carbonyl (C=O) groups excluding carboxylic acids is 1. The minimum Gasteiger partial charge on any atom is -0.311 e. The van der Waals surface area contributed by atoms with E-state index in [-0.39, 0.29) is 12.5 Å². The zero-order chi connectivity index (χ0) is 13.7. The molecule has 0 spiro atoms. The summed E-state index contributed by atoms with van der Waals surface area (Å²) < 4.78 is 1.51. The Bertz CT molecular complexity index is 542. The molecule has 100 valence electrons. The van der Waals surface area contributed by atoms with Gasteiger partial charge in [-0.25, -0.2) is 4.68 Å². The lowest BCUT2D eigenvalue weighted by molar-refractivity contribution is -0.119. The van der Waals surface area contributed by atoms with Crippen LogP contribution in [0.1, 0.15) is 6.92 Å². The number of tetrazole rings is 1. The summed E-state index contributed by atoms with van der Waals surface area (Å²) in [6.07, 6.45) is 1.88. The first kappa shape index (κ1) is 13.5. The van der Waals surface area contributed by atoms with Crippen molar-refractivity contribution >= 4 is 23.4 Å². The molecule has 2 rings (SSSR count). The van der Waals surface area contributed by atoms with Crippen LogP contribution >= 0.6 is 11.8 Å². The predicted octanol–water partition coefficient (Wildman–Crippen LogP) is 1.45. The summed E-state index contributed by atoms with van der Waals surface area (Å²) >= 11 is 1.42. The molecule has 19 heavy (non-hydrogen) atoms.